The number of nitrogens with one attached hydrogen (secondary N) is 2. The maximum absolute atomic E-state index is 12.3. The lowest BCUT2D eigenvalue weighted by Crippen LogP contribution is -2.46. The number of anilines is 1. The fraction of sp³-hybridized carbons (Fsp3) is 0.190. The highest BCUT2D eigenvalue weighted by atomic mass is 16.4. The molecule has 1 heterocycles. The molecule has 3 rings (SSSR count). The zero-order chi connectivity index (χ0) is 20.3. The summed E-state index contributed by atoms with van der Waals surface area (Å²) in [6.07, 6.45) is 0. The number of para-hydroxylation sites is 1. The van der Waals surface area contributed by atoms with E-state index >= 15 is 0 Å². The molecule has 1 unspecified atom stereocenters. The molecular formula is C21H20N2O5. The predicted molar refractivity (Wildman–Crippen MR) is 106 cm³/mol. The molecule has 0 aliphatic heterocycles. The van der Waals surface area contributed by atoms with Crippen molar-refractivity contribution in [2.45, 2.75) is 19.9 Å². The van der Waals surface area contributed by atoms with Crippen LogP contribution >= 0.6 is 0 Å². The van der Waals surface area contributed by atoms with E-state index in [-0.39, 0.29) is 5.92 Å². The summed E-state index contributed by atoms with van der Waals surface area (Å²) in [7, 11) is 0. The summed E-state index contributed by atoms with van der Waals surface area (Å²) in [6.45, 7) is 3.41. The van der Waals surface area contributed by atoms with Gasteiger partial charge in [0.2, 0.25) is 0 Å². The van der Waals surface area contributed by atoms with Crippen molar-refractivity contribution in [1.82, 2.24) is 5.32 Å². The van der Waals surface area contributed by atoms with Crippen molar-refractivity contribution < 1.29 is 19.1 Å². The van der Waals surface area contributed by atoms with Gasteiger partial charge in [0.25, 0.3) is 0 Å². The maximum Gasteiger partial charge on any atom is 0.344 e. The molecule has 3 aromatic rings. The topological polar surface area (TPSA) is 109 Å². The van der Waals surface area contributed by atoms with Crippen molar-refractivity contribution in [2.75, 3.05) is 5.32 Å². The molecule has 7 nitrogen and oxygen atoms in total. The molecule has 2 amide bonds. The Morgan fingerprint density at radius 2 is 1.79 bits per heavy atom. The minimum Gasteiger partial charge on any atom is -0.480 e. The van der Waals surface area contributed by atoms with Crippen molar-refractivity contribution in [3.8, 4) is 11.1 Å². The maximum atomic E-state index is 12.3. The van der Waals surface area contributed by atoms with Gasteiger partial charge in [-0.15, -0.1) is 0 Å². The molecule has 0 bridgehead atoms. The van der Waals surface area contributed by atoms with E-state index in [2.05, 4.69) is 10.6 Å². The van der Waals surface area contributed by atoms with Crippen LogP contribution in [0.3, 0.4) is 0 Å². The van der Waals surface area contributed by atoms with Crippen LogP contribution in [0.4, 0.5) is 10.5 Å². The number of carbonyl (C=O) groups excluding carboxylic acids is 1. The highest BCUT2D eigenvalue weighted by Crippen LogP contribution is 2.23. The predicted octanol–water partition coefficient (Wildman–Crippen LogP) is 3.69. The van der Waals surface area contributed by atoms with E-state index in [1.807, 2.05) is 12.1 Å². The third-order valence-corrected chi connectivity index (χ3v) is 4.29. The first-order valence-electron chi connectivity index (χ1n) is 8.79. The number of carboxylic acids is 1. The fourth-order valence-corrected chi connectivity index (χ4v) is 2.85. The van der Waals surface area contributed by atoms with Gasteiger partial charge in [0.15, 0.2) is 0 Å². The Kier molecular flexibility index (Phi) is 5.44. The van der Waals surface area contributed by atoms with Gasteiger partial charge in [0.05, 0.1) is 5.56 Å². The van der Waals surface area contributed by atoms with Crippen molar-refractivity contribution in [1.29, 1.82) is 0 Å². The second-order valence-corrected chi connectivity index (χ2v) is 6.72. The summed E-state index contributed by atoms with van der Waals surface area (Å²) in [5.41, 5.74) is 1.39. The van der Waals surface area contributed by atoms with Crippen LogP contribution in [-0.2, 0) is 4.79 Å². The number of hydrogen-bond donors (Lipinski definition) is 3. The fourth-order valence-electron chi connectivity index (χ4n) is 2.85. The third kappa shape index (κ3) is 4.20. The largest absolute Gasteiger partial charge is 0.480 e. The highest BCUT2D eigenvalue weighted by Gasteiger charge is 2.23. The van der Waals surface area contributed by atoms with Crippen LogP contribution in [0.2, 0.25) is 0 Å². The summed E-state index contributed by atoms with van der Waals surface area (Å²) >= 11 is 0. The van der Waals surface area contributed by atoms with Crippen LogP contribution < -0.4 is 16.3 Å². The number of urea groups is 1. The molecule has 28 heavy (non-hydrogen) atoms. The average molecular weight is 380 g/mol. The van der Waals surface area contributed by atoms with Gasteiger partial charge in [-0.3, -0.25) is 0 Å². The highest BCUT2D eigenvalue weighted by molar-refractivity contribution is 5.93. The summed E-state index contributed by atoms with van der Waals surface area (Å²) in [4.78, 5) is 35.7. The van der Waals surface area contributed by atoms with Crippen LogP contribution in [0.5, 0.6) is 0 Å². The van der Waals surface area contributed by atoms with Crippen LogP contribution in [0, 0.1) is 5.92 Å². The number of benzene rings is 2. The standard InChI is InChI=1S/C21H20N2O5/c1-12(2)18(19(24)25)23-21(27)22-15-8-5-7-13(10-15)16-11-14-6-3-4-9-17(14)28-20(16)26/h3-12,18H,1-2H3,(H,24,25)(H2,22,23,27). The summed E-state index contributed by atoms with van der Waals surface area (Å²) in [6, 6.07) is 14.0. The zero-order valence-electron chi connectivity index (χ0n) is 15.4. The second kappa shape index (κ2) is 7.96. The number of amides is 2. The number of carbonyl (C=O) groups is 2. The third-order valence-electron chi connectivity index (χ3n) is 4.29. The van der Waals surface area contributed by atoms with Gasteiger partial charge < -0.3 is 20.2 Å². The van der Waals surface area contributed by atoms with E-state index in [0.29, 0.717) is 22.4 Å². The van der Waals surface area contributed by atoms with E-state index in [9.17, 15) is 19.5 Å². The smallest absolute Gasteiger partial charge is 0.344 e. The molecular weight excluding hydrogens is 360 g/mol. The Labute approximate surface area is 161 Å². The Balaban J connectivity index is 1.85. The number of rotatable bonds is 5. The van der Waals surface area contributed by atoms with E-state index in [1.54, 1.807) is 56.3 Å². The van der Waals surface area contributed by atoms with Crippen molar-refractivity contribution in [3.05, 3.63) is 65.0 Å². The molecule has 0 saturated heterocycles. The Hall–Kier alpha value is -3.61. The monoisotopic (exact) mass is 380 g/mol. The molecule has 144 valence electrons. The van der Waals surface area contributed by atoms with Gasteiger partial charge in [0, 0.05) is 11.1 Å². The normalized spacial score (nSPS) is 12.0. The molecule has 3 N–H and O–H groups in total. The van der Waals surface area contributed by atoms with E-state index in [4.69, 9.17) is 4.42 Å². The Morgan fingerprint density at radius 1 is 1.04 bits per heavy atom. The van der Waals surface area contributed by atoms with E-state index in [1.165, 1.54) is 0 Å². The van der Waals surface area contributed by atoms with Gasteiger partial charge >= 0.3 is 17.6 Å². The number of hydrogen-bond acceptors (Lipinski definition) is 4. The molecule has 0 aliphatic rings. The van der Waals surface area contributed by atoms with Gasteiger partial charge in [-0.1, -0.05) is 44.2 Å². The Bertz CT molecular complexity index is 1090. The number of carboxylic acid groups (broad SMARTS) is 1. The van der Waals surface area contributed by atoms with Crippen molar-refractivity contribution in [3.63, 3.8) is 0 Å². The summed E-state index contributed by atoms with van der Waals surface area (Å²) in [5, 5.41) is 15.0. The minimum atomic E-state index is -1.10. The van der Waals surface area contributed by atoms with Crippen LogP contribution in [0.25, 0.3) is 22.1 Å². The molecule has 0 aliphatic carbocycles. The van der Waals surface area contributed by atoms with Gasteiger partial charge in [-0.25, -0.2) is 14.4 Å². The van der Waals surface area contributed by atoms with Gasteiger partial charge in [0.1, 0.15) is 11.6 Å². The zero-order valence-corrected chi connectivity index (χ0v) is 15.4. The van der Waals surface area contributed by atoms with Crippen LogP contribution in [0.1, 0.15) is 13.8 Å². The van der Waals surface area contributed by atoms with Crippen LogP contribution in [0.15, 0.2) is 63.8 Å². The van der Waals surface area contributed by atoms with Crippen molar-refractivity contribution >= 4 is 28.7 Å². The minimum absolute atomic E-state index is 0.267. The molecule has 7 heteroatoms. The first-order chi connectivity index (χ1) is 13.3. The Morgan fingerprint density at radius 3 is 2.50 bits per heavy atom. The molecule has 0 radical (unpaired) electrons. The van der Waals surface area contributed by atoms with E-state index in [0.717, 1.165) is 5.39 Å². The van der Waals surface area contributed by atoms with Crippen molar-refractivity contribution in [2.24, 2.45) is 5.92 Å². The summed E-state index contributed by atoms with van der Waals surface area (Å²) in [5.74, 6) is -1.37. The van der Waals surface area contributed by atoms with Gasteiger partial charge in [-0.2, -0.15) is 0 Å². The molecule has 1 aromatic heterocycles. The molecule has 0 saturated carbocycles. The second-order valence-electron chi connectivity index (χ2n) is 6.72. The number of fused-ring (bicyclic) bond motifs is 1. The quantitative estimate of drug-likeness (QED) is 0.585. The summed E-state index contributed by atoms with van der Waals surface area (Å²) < 4.78 is 5.35. The number of aliphatic carboxylic acids is 1. The average Bonchev–Trinajstić information content (AvgIpc) is 2.65. The molecule has 0 spiro atoms. The van der Waals surface area contributed by atoms with Crippen LogP contribution in [-0.4, -0.2) is 23.1 Å². The molecule has 0 fully saturated rings. The van der Waals surface area contributed by atoms with E-state index < -0.39 is 23.7 Å². The first kappa shape index (κ1) is 19.2. The van der Waals surface area contributed by atoms with Gasteiger partial charge in [-0.05, 0) is 35.7 Å². The lowest BCUT2D eigenvalue weighted by atomic mass is 10.0. The SMILES string of the molecule is CC(C)C(NC(=O)Nc1cccc(-c2cc3ccccc3oc2=O)c1)C(=O)O. The lowest BCUT2D eigenvalue weighted by molar-refractivity contribution is -0.140. The first-order valence-corrected chi connectivity index (χ1v) is 8.79. The molecule has 1 atom stereocenters. The molecule has 2 aromatic carbocycles. The lowest BCUT2D eigenvalue weighted by Gasteiger charge is -2.18.